The molecule has 0 saturated heterocycles. The maximum Gasteiger partial charge on any atom is 0.176 e. The third-order valence-corrected chi connectivity index (χ3v) is 7.21. The second-order valence-corrected chi connectivity index (χ2v) is 10.2. The molecule has 0 fully saturated rings. The summed E-state index contributed by atoms with van der Waals surface area (Å²) in [5.41, 5.74) is 4.35. The summed E-state index contributed by atoms with van der Waals surface area (Å²) in [6.07, 6.45) is 4.13. The van der Waals surface area contributed by atoms with E-state index >= 15 is 0 Å². The molecule has 0 saturated carbocycles. The molecular formula is C31H28ClFN4O2. The SMILES string of the molecule is Cc1cc2ncc(C#N)c3c2cc1OCCCCCN(CC(=O)c1ccccc1)Cc1cc(F)c(Cl)cc1N3. The molecule has 39 heavy (non-hydrogen) atoms. The van der Waals surface area contributed by atoms with Gasteiger partial charge in [-0.25, -0.2) is 4.39 Å². The summed E-state index contributed by atoms with van der Waals surface area (Å²) in [4.78, 5) is 19.6. The van der Waals surface area contributed by atoms with Crippen molar-refractivity contribution in [2.45, 2.75) is 32.7 Å². The molecule has 0 spiro atoms. The van der Waals surface area contributed by atoms with Crippen molar-refractivity contribution in [2.75, 3.05) is 25.0 Å². The fourth-order valence-corrected chi connectivity index (χ4v) is 5.00. The molecule has 1 N–H and O–H groups in total. The number of aryl methyl sites for hydroxylation is 1. The van der Waals surface area contributed by atoms with E-state index in [1.165, 1.54) is 18.3 Å². The Bertz CT molecular complexity index is 1570. The number of hydrogen-bond donors (Lipinski definition) is 1. The highest BCUT2D eigenvalue weighted by molar-refractivity contribution is 6.31. The Morgan fingerprint density at radius 3 is 2.79 bits per heavy atom. The Labute approximate surface area is 232 Å². The minimum absolute atomic E-state index is 0.00472. The summed E-state index contributed by atoms with van der Waals surface area (Å²) in [7, 11) is 0. The lowest BCUT2D eigenvalue weighted by atomic mass is 10.0. The summed E-state index contributed by atoms with van der Waals surface area (Å²) < 4.78 is 20.9. The van der Waals surface area contributed by atoms with Crippen molar-refractivity contribution >= 4 is 39.7 Å². The molecule has 2 bridgehead atoms. The highest BCUT2D eigenvalue weighted by Gasteiger charge is 2.19. The number of aromatic nitrogens is 1. The quantitative estimate of drug-likeness (QED) is 0.276. The number of ketones is 1. The van der Waals surface area contributed by atoms with Gasteiger partial charge in [-0.2, -0.15) is 5.26 Å². The van der Waals surface area contributed by atoms with E-state index in [1.807, 2.05) is 42.2 Å². The zero-order chi connectivity index (χ0) is 27.4. The Morgan fingerprint density at radius 2 is 2.00 bits per heavy atom. The van der Waals surface area contributed by atoms with Crippen LogP contribution in [0.2, 0.25) is 5.02 Å². The van der Waals surface area contributed by atoms with Crippen LogP contribution >= 0.6 is 11.6 Å². The van der Waals surface area contributed by atoms with Gasteiger partial charge in [0.2, 0.25) is 0 Å². The van der Waals surface area contributed by atoms with Gasteiger partial charge in [0.1, 0.15) is 17.6 Å². The number of halogens is 2. The number of ether oxygens (including phenoxy) is 1. The summed E-state index contributed by atoms with van der Waals surface area (Å²) >= 11 is 6.23. The van der Waals surface area contributed by atoms with Gasteiger partial charge in [-0.15, -0.1) is 0 Å². The van der Waals surface area contributed by atoms with Gasteiger partial charge in [0.05, 0.1) is 34.9 Å². The molecule has 5 rings (SSSR count). The van der Waals surface area contributed by atoms with Crippen molar-refractivity contribution in [3.8, 4) is 11.8 Å². The maximum absolute atomic E-state index is 14.8. The van der Waals surface area contributed by atoms with Crippen molar-refractivity contribution in [3.63, 3.8) is 0 Å². The van der Waals surface area contributed by atoms with Crippen LogP contribution in [0.3, 0.4) is 0 Å². The second kappa shape index (κ2) is 11.8. The van der Waals surface area contributed by atoms with Crippen LogP contribution in [0.5, 0.6) is 5.75 Å². The zero-order valence-corrected chi connectivity index (χ0v) is 22.4. The van der Waals surface area contributed by atoms with Crippen LogP contribution in [0.4, 0.5) is 15.8 Å². The molecule has 2 heterocycles. The highest BCUT2D eigenvalue weighted by Crippen LogP contribution is 2.36. The van der Waals surface area contributed by atoms with Crippen molar-refractivity contribution in [2.24, 2.45) is 0 Å². The number of anilines is 2. The lowest BCUT2D eigenvalue weighted by molar-refractivity contribution is 0.0923. The molecule has 0 atom stereocenters. The second-order valence-electron chi connectivity index (χ2n) is 9.75. The molecular weight excluding hydrogens is 515 g/mol. The topological polar surface area (TPSA) is 78.2 Å². The van der Waals surface area contributed by atoms with Gasteiger partial charge in [0.15, 0.2) is 5.78 Å². The lowest BCUT2D eigenvalue weighted by Crippen LogP contribution is -2.31. The number of rotatable bonds is 3. The van der Waals surface area contributed by atoms with Crippen LogP contribution in [0.25, 0.3) is 10.9 Å². The number of fused-ring (bicyclic) bond motifs is 2. The van der Waals surface area contributed by atoms with E-state index in [2.05, 4.69) is 16.4 Å². The van der Waals surface area contributed by atoms with Crippen LogP contribution in [-0.2, 0) is 6.54 Å². The smallest absolute Gasteiger partial charge is 0.176 e. The number of nitriles is 1. The molecule has 6 nitrogen and oxygen atoms in total. The third-order valence-electron chi connectivity index (χ3n) is 6.92. The maximum atomic E-state index is 14.8. The normalized spacial score (nSPS) is 14.4. The fraction of sp³-hybridized carbons (Fsp3) is 0.258. The molecule has 1 aromatic heterocycles. The predicted molar refractivity (Wildman–Crippen MR) is 151 cm³/mol. The largest absolute Gasteiger partial charge is 0.493 e. The highest BCUT2D eigenvalue weighted by atomic mass is 35.5. The van der Waals surface area contributed by atoms with E-state index in [0.717, 1.165) is 30.6 Å². The average Bonchev–Trinajstić information content (AvgIpc) is 2.94. The standard InChI is InChI=1S/C31H28ClFN4O2/c1-20-12-28-24-14-30(20)39-11-7-3-6-10-37(19-29(38)21-8-4-2-5-9-21)18-22-13-26(33)25(32)15-27(22)36-31(24)23(16-34)17-35-28/h2,4-5,8-9,12-15,17,36H,3,6-7,10-11,18-19H2,1H3. The van der Waals surface area contributed by atoms with Gasteiger partial charge >= 0.3 is 0 Å². The first-order valence-electron chi connectivity index (χ1n) is 12.9. The average molecular weight is 543 g/mol. The van der Waals surface area contributed by atoms with Gasteiger partial charge in [-0.05, 0) is 68.1 Å². The van der Waals surface area contributed by atoms with Gasteiger partial charge in [-0.1, -0.05) is 41.9 Å². The summed E-state index contributed by atoms with van der Waals surface area (Å²) in [6.45, 7) is 3.67. The van der Waals surface area contributed by atoms with Gasteiger partial charge in [0.25, 0.3) is 0 Å². The zero-order valence-electron chi connectivity index (χ0n) is 21.6. The van der Waals surface area contributed by atoms with E-state index in [0.29, 0.717) is 58.7 Å². The third kappa shape index (κ3) is 6.03. The molecule has 0 radical (unpaired) electrons. The van der Waals surface area contributed by atoms with E-state index < -0.39 is 5.82 Å². The van der Waals surface area contributed by atoms with E-state index in [9.17, 15) is 14.4 Å². The number of carbonyl (C=O) groups is 1. The Balaban J connectivity index is 1.59. The van der Waals surface area contributed by atoms with Crippen LogP contribution in [0, 0.1) is 24.1 Å². The molecule has 0 amide bonds. The molecule has 3 aromatic carbocycles. The van der Waals surface area contributed by atoms with Crippen LogP contribution in [0.1, 0.15) is 46.3 Å². The fourth-order valence-electron chi connectivity index (χ4n) is 4.84. The Hall–Kier alpha value is -3.99. The van der Waals surface area contributed by atoms with Crippen molar-refractivity contribution in [1.29, 1.82) is 5.26 Å². The summed E-state index contributed by atoms with van der Waals surface area (Å²) in [5, 5.41) is 13.9. The van der Waals surface area contributed by atoms with Crippen molar-refractivity contribution < 1.29 is 13.9 Å². The molecule has 4 aromatic rings. The van der Waals surface area contributed by atoms with Crippen molar-refractivity contribution in [1.82, 2.24) is 9.88 Å². The van der Waals surface area contributed by atoms with Gasteiger partial charge < -0.3 is 10.1 Å². The first-order chi connectivity index (χ1) is 18.9. The number of hydrogen-bond acceptors (Lipinski definition) is 6. The number of Topliss-reactive ketones (excluding diaryl/α,β-unsaturated/α-hetero) is 1. The van der Waals surface area contributed by atoms with E-state index in [1.54, 1.807) is 12.1 Å². The van der Waals surface area contributed by atoms with Gasteiger partial charge in [0, 0.05) is 29.4 Å². The minimum Gasteiger partial charge on any atom is -0.493 e. The number of pyridine rings is 1. The number of nitrogens with zero attached hydrogens (tertiary/aromatic N) is 3. The van der Waals surface area contributed by atoms with Crippen LogP contribution in [0.15, 0.2) is 60.8 Å². The molecule has 1 aliphatic heterocycles. The number of benzene rings is 3. The monoisotopic (exact) mass is 542 g/mol. The Morgan fingerprint density at radius 1 is 1.18 bits per heavy atom. The van der Waals surface area contributed by atoms with Gasteiger partial charge in [-0.3, -0.25) is 14.7 Å². The molecule has 8 heteroatoms. The molecule has 198 valence electrons. The first-order valence-corrected chi connectivity index (χ1v) is 13.3. The molecule has 0 unspecified atom stereocenters. The van der Waals surface area contributed by atoms with Crippen molar-refractivity contribution in [3.05, 3.63) is 93.9 Å². The molecule has 1 aliphatic rings. The van der Waals surface area contributed by atoms with Crippen LogP contribution in [-0.4, -0.2) is 35.4 Å². The number of carbonyl (C=O) groups excluding carboxylic acids is 1. The minimum atomic E-state index is -0.545. The van der Waals surface area contributed by atoms with E-state index in [4.69, 9.17) is 16.3 Å². The lowest BCUT2D eigenvalue weighted by Gasteiger charge is -2.24. The van der Waals surface area contributed by atoms with Crippen LogP contribution < -0.4 is 10.1 Å². The number of nitrogens with one attached hydrogen (secondary N) is 1. The summed E-state index contributed by atoms with van der Waals surface area (Å²) in [5.74, 6) is 0.176. The summed E-state index contributed by atoms with van der Waals surface area (Å²) in [6, 6.07) is 18.1. The predicted octanol–water partition coefficient (Wildman–Crippen LogP) is 7.20. The first kappa shape index (κ1) is 26.6. The Kier molecular flexibility index (Phi) is 8.06. The van der Waals surface area contributed by atoms with E-state index in [-0.39, 0.29) is 17.4 Å². The molecule has 0 aliphatic carbocycles.